The van der Waals surface area contributed by atoms with Gasteiger partial charge >= 0.3 is 0 Å². The Bertz CT molecular complexity index is 391. The fourth-order valence-electron chi connectivity index (χ4n) is 1.33. The van der Waals surface area contributed by atoms with Crippen LogP contribution in [0.4, 0.5) is 0 Å². The van der Waals surface area contributed by atoms with Gasteiger partial charge in [0.15, 0.2) is 4.96 Å². The van der Waals surface area contributed by atoms with Gasteiger partial charge in [0.05, 0.1) is 5.69 Å². The second kappa shape index (κ2) is 3.18. The molecule has 0 aliphatic rings. The van der Waals surface area contributed by atoms with Crippen LogP contribution in [0.1, 0.15) is 11.4 Å². The molecule has 0 atom stereocenters. The van der Waals surface area contributed by atoms with Crippen LogP contribution in [0.5, 0.6) is 0 Å². The summed E-state index contributed by atoms with van der Waals surface area (Å²) in [6.45, 7) is 2.07. The molecule has 0 aliphatic carbocycles. The maximum absolute atomic E-state index is 4.45. The van der Waals surface area contributed by atoms with Gasteiger partial charge in [-0.1, -0.05) is 15.9 Å². The molecule has 4 heteroatoms. The molecule has 2 rings (SSSR count). The predicted molar refractivity (Wildman–Crippen MR) is 55.3 cm³/mol. The number of alkyl halides is 1. The Labute approximate surface area is 83.4 Å². The maximum Gasteiger partial charge on any atom is 0.194 e. The van der Waals surface area contributed by atoms with Gasteiger partial charge in [0.2, 0.25) is 0 Å². The van der Waals surface area contributed by atoms with Gasteiger partial charge in [-0.05, 0) is 13.3 Å². The lowest BCUT2D eigenvalue weighted by atomic mass is 10.3. The minimum Gasteiger partial charge on any atom is -0.294 e. The van der Waals surface area contributed by atoms with Crippen molar-refractivity contribution in [2.24, 2.45) is 0 Å². The van der Waals surface area contributed by atoms with Gasteiger partial charge in [-0.2, -0.15) is 0 Å². The summed E-state index contributed by atoms with van der Waals surface area (Å²) in [4.78, 5) is 5.55. The minimum absolute atomic E-state index is 0.998. The third-order valence-electron chi connectivity index (χ3n) is 1.89. The summed E-state index contributed by atoms with van der Waals surface area (Å²) < 4.78 is 2.17. The molecule has 0 saturated carbocycles. The van der Waals surface area contributed by atoms with Crippen LogP contribution in [0.15, 0.2) is 11.6 Å². The Balaban J connectivity index is 2.59. The van der Waals surface area contributed by atoms with Crippen molar-refractivity contribution in [2.45, 2.75) is 13.3 Å². The van der Waals surface area contributed by atoms with E-state index in [0.717, 1.165) is 22.4 Å². The van der Waals surface area contributed by atoms with E-state index in [9.17, 15) is 0 Å². The third kappa shape index (κ3) is 1.19. The molecule has 0 spiro atoms. The number of imidazole rings is 1. The van der Waals surface area contributed by atoms with Crippen molar-refractivity contribution >= 4 is 32.2 Å². The second-order valence-electron chi connectivity index (χ2n) is 2.64. The lowest BCUT2D eigenvalue weighted by Crippen LogP contribution is -1.92. The van der Waals surface area contributed by atoms with E-state index < -0.39 is 0 Å². The highest BCUT2D eigenvalue weighted by molar-refractivity contribution is 9.09. The molecule has 0 fully saturated rings. The molecule has 0 aliphatic heterocycles. The highest BCUT2D eigenvalue weighted by atomic mass is 79.9. The Kier molecular flexibility index (Phi) is 2.19. The van der Waals surface area contributed by atoms with Crippen LogP contribution in [-0.2, 0) is 6.42 Å². The average Bonchev–Trinajstić information content (AvgIpc) is 2.56. The van der Waals surface area contributed by atoms with E-state index >= 15 is 0 Å². The van der Waals surface area contributed by atoms with Crippen molar-refractivity contribution in [3.63, 3.8) is 0 Å². The zero-order chi connectivity index (χ0) is 8.55. The molecule has 0 amide bonds. The number of thiazole rings is 1. The summed E-state index contributed by atoms with van der Waals surface area (Å²) >= 11 is 5.13. The summed E-state index contributed by atoms with van der Waals surface area (Å²) in [6, 6.07) is 0. The molecule has 12 heavy (non-hydrogen) atoms. The largest absolute Gasteiger partial charge is 0.294 e. The van der Waals surface area contributed by atoms with Gasteiger partial charge in [0.1, 0.15) is 0 Å². The van der Waals surface area contributed by atoms with Gasteiger partial charge in [-0.3, -0.25) is 4.40 Å². The van der Waals surface area contributed by atoms with Crippen LogP contribution < -0.4 is 0 Å². The van der Waals surface area contributed by atoms with Crippen LogP contribution in [0, 0.1) is 6.92 Å². The fourth-order valence-corrected chi connectivity index (χ4v) is 2.49. The predicted octanol–water partition coefficient (Wildman–Crippen LogP) is 2.64. The molecule has 2 aromatic heterocycles. The van der Waals surface area contributed by atoms with Gasteiger partial charge in [-0.25, -0.2) is 4.98 Å². The summed E-state index contributed by atoms with van der Waals surface area (Å²) in [5.74, 6) is 0. The normalized spacial score (nSPS) is 11.2. The molecular formula is C8H9BrN2S. The first kappa shape index (κ1) is 8.26. The van der Waals surface area contributed by atoms with Crippen molar-refractivity contribution in [1.82, 2.24) is 9.38 Å². The Hall–Kier alpha value is -0.350. The summed E-state index contributed by atoms with van der Waals surface area (Å²) in [6.07, 6.45) is 3.13. The van der Waals surface area contributed by atoms with Crippen molar-refractivity contribution in [3.8, 4) is 0 Å². The second-order valence-corrected chi connectivity index (χ2v) is 4.30. The average molecular weight is 245 g/mol. The monoisotopic (exact) mass is 244 g/mol. The van der Waals surface area contributed by atoms with Crippen molar-refractivity contribution in [1.29, 1.82) is 0 Å². The van der Waals surface area contributed by atoms with Gasteiger partial charge in [0, 0.05) is 22.6 Å². The van der Waals surface area contributed by atoms with Crippen LogP contribution in [0.3, 0.4) is 0 Å². The highest BCUT2D eigenvalue weighted by Gasteiger charge is 2.07. The molecule has 0 N–H and O–H groups in total. The third-order valence-corrected chi connectivity index (χ3v) is 3.05. The van der Waals surface area contributed by atoms with Gasteiger partial charge in [-0.15, -0.1) is 11.3 Å². The van der Waals surface area contributed by atoms with Crippen molar-refractivity contribution < 1.29 is 0 Å². The van der Waals surface area contributed by atoms with E-state index in [1.165, 1.54) is 5.69 Å². The zero-order valence-corrected chi connectivity index (χ0v) is 9.15. The van der Waals surface area contributed by atoms with E-state index in [-0.39, 0.29) is 0 Å². The molecule has 2 heterocycles. The van der Waals surface area contributed by atoms with Gasteiger partial charge in [0.25, 0.3) is 0 Å². The lowest BCUT2D eigenvalue weighted by molar-refractivity contribution is 0.999. The summed E-state index contributed by atoms with van der Waals surface area (Å²) in [5, 5.41) is 3.07. The number of hydrogen-bond donors (Lipinski definition) is 0. The Morgan fingerprint density at radius 3 is 3.25 bits per heavy atom. The number of nitrogens with zero attached hydrogens (tertiary/aromatic N) is 2. The summed E-state index contributed by atoms with van der Waals surface area (Å²) in [7, 11) is 0. The number of halogens is 1. The fraction of sp³-hybridized carbons (Fsp3) is 0.375. The molecule has 0 radical (unpaired) electrons. The maximum atomic E-state index is 4.45. The lowest BCUT2D eigenvalue weighted by Gasteiger charge is -1.95. The smallest absolute Gasteiger partial charge is 0.194 e. The van der Waals surface area contributed by atoms with E-state index in [1.807, 2.05) is 0 Å². The SMILES string of the molecule is Cc1nc2sccn2c1CCBr. The number of aryl methyl sites for hydroxylation is 2. The first-order valence-electron chi connectivity index (χ1n) is 3.80. The molecular weight excluding hydrogens is 236 g/mol. The molecule has 0 saturated heterocycles. The Morgan fingerprint density at radius 2 is 2.50 bits per heavy atom. The van der Waals surface area contributed by atoms with E-state index in [4.69, 9.17) is 0 Å². The topological polar surface area (TPSA) is 17.3 Å². The first-order chi connectivity index (χ1) is 5.83. The molecule has 0 bridgehead atoms. The number of rotatable bonds is 2. The molecule has 64 valence electrons. The molecule has 0 aromatic carbocycles. The van der Waals surface area contributed by atoms with E-state index in [2.05, 4.69) is 43.8 Å². The minimum atomic E-state index is 0.998. The van der Waals surface area contributed by atoms with Crippen LogP contribution >= 0.6 is 27.3 Å². The molecule has 0 unspecified atom stereocenters. The van der Waals surface area contributed by atoms with Crippen LogP contribution in [0.2, 0.25) is 0 Å². The summed E-state index contributed by atoms with van der Waals surface area (Å²) in [5.41, 5.74) is 2.48. The molecule has 2 nitrogen and oxygen atoms in total. The van der Waals surface area contributed by atoms with Crippen LogP contribution in [-0.4, -0.2) is 14.7 Å². The van der Waals surface area contributed by atoms with Crippen molar-refractivity contribution in [2.75, 3.05) is 5.33 Å². The van der Waals surface area contributed by atoms with Gasteiger partial charge < -0.3 is 0 Å². The number of hydrogen-bond acceptors (Lipinski definition) is 2. The number of aromatic nitrogens is 2. The quantitative estimate of drug-likeness (QED) is 0.743. The van der Waals surface area contributed by atoms with E-state index in [1.54, 1.807) is 11.3 Å². The number of fused-ring (bicyclic) bond motifs is 1. The van der Waals surface area contributed by atoms with Crippen molar-refractivity contribution in [3.05, 3.63) is 23.0 Å². The van der Waals surface area contributed by atoms with E-state index in [0.29, 0.717) is 0 Å². The highest BCUT2D eigenvalue weighted by Crippen LogP contribution is 2.17. The zero-order valence-electron chi connectivity index (χ0n) is 6.75. The first-order valence-corrected chi connectivity index (χ1v) is 5.80. The van der Waals surface area contributed by atoms with Crippen LogP contribution in [0.25, 0.3) is 4.96 Å². The standard InChI is InChI=1S/C8H9BrN2S/c1-6-7(2-3-9)11-4-5-12-8(11)10-6/h4-5H,2-3H2,1H3. The Morgan fingerprint density at radius 1 is 1.67 bits per heavy atom. The molecule has 2 aromatic rings.